The number of nitrogens with one attached hydrogen (secondary N) is 1. The van der Waals surface area contributed by atoms with Crippen LogP contribution in [0.4, 0.5) is 5.82 Å². The van der Waals surface area contributed by atoms with E-state index in [9.17, 15) is 0 Å². The summed E-state index contributed by atoms with van der Waals surface area (Å²) in [4.78, 5) is 9.37. The van der Waals surface area contributed by atoms with Gasteiger partial charge in [0.25, 0.3) is 0 Å². The predicted molar refractivity (Wildman–Crippen MR) is 83.7 cm³/mol. The average Bonchev–Trinajstić information content (AvgIpc) is 2.92. The van der Waals surface area contributed by atoms with E-state index in [1.165, 1.54) is 32.1 Å². The number of ether oxygens (including phenoxy) is 1. The van der Waals surface area contributed by atoms with Crippen molar-refractivity contribution < 1.29 is 4.74 Å². The first-order valence-corrected chi connectivity index (χ1v) is 8.35. The SMILES string of the molecule is Clc1nc(NCCOC2CCCCC2)c2ccsc2n1. The zero-order valence-corrected chi connectivity index (χ0v) is 12.8. The first-order chi connectivity index (χ1) is 9.83. The lowest BCUT2D eigenvalue weighted by atomic mass is 9.98. The Bertz CT molecular complexity index is 569. The molecular formula is C14H18ClN3OS. The van der Waals surface area contributed by atoms with Crippen LogP contribution in [0.3, 0.4) is 0 Å². The Hall–Kier alpha value is -0.910. The number of anilines is 1. The van der Waals surface area contributed by atoms with Crippen molar-refractivity contribution >= 4 is 39.0 Å². The van der Waals surface area contributed by atoms with Gasteiger partial charge in [0.15, 0.2) is 0 Å². The van der Waals surface area contributed by atoms with E-state index in [-0.39, 0.29) is 5.28 Å². The molecule has 2 aromatic heterocycles. The van der Waals surface area contributed by atoms with Crippen LogP contribution in [-0.2, 0) is 4.74 Å². The van der Waals surface area contributed by atoms with Gasteiger partial charge in [-0.2, -0.15) is 0 Å². The number of rotatable bonds is 5. The van der Waals surface area contributed by atoms with Crippen molar-refractivity contribution in [1.82, 2.24) is 9.97 Å². The van der Waals surface area contributed by atoms with Gasteiger partial charge >= 0.3 is 0 Å². The summed E-state index contributed by atoms with van der Waals surface area (Å²) in [6, 6.07) is 2.01. The molecule has 1 fully saturated rings. The van der Waals surface area contributed by atoms with Gasteiger partial charge in [-0.15, -0.1) is 11.3 Å². The number of fused-ring (bicyclic) bond motifs is 1. The van der Waals surface area contributed by atoms with Crippen molar-refractivity contribution in [2.45, 2.75) is 38.2 Å². The maximum absolute atomic E-state index is 5.93. The van der Waals surface area contributed by atoms with Crippen molar-refractivity contribution in [3.63, 3.8) is 0 Å². The molecule has 6 heteroatoms. The van der Waals surface area contributed by atoms with E-state index in [1.54, 1.807) is 11.3 Å². The molecule has 2 heterocycles. The molecule has 0 bridgehead atoms. The fraction of sp³-hybridized carbons (Fsp3) is 0.571. The molecule has 1 aliphatic carbocycles. The van der Waals surface area contributed by atoms with Crippen LogP contribution in [0, 0.1) is 0 Å². The van der Waals surface area contributed by atoms with E-state index < -0.39 is 0 Å². The monoisotopic (exact) mass is 311 g/mol. The van der Waals surface area contributed by atoms with Gasteiger partial charge in [0.1, 0.15) is 10.6 Å². The largest absolute Gasteiger partial charge is 0.376 e. The van der Waals surface area contributed by atoms with Crippen LogP contribution in [0.2, 0.25) is 5.28 Å². The van der Waals surface area contributed by atoms with Crippen molar-refractivity contribution in [2.24, 2.45) is 0 Å². The summed E-state index contributed by atoms with van der Waals surface area (Å²) < 4.78 is 5.89. The second-order valence-corrected chi connectivity index (χ2v) is 6.27. The Morgan fingerprint density at radius 2 is 2.15 bits per heavy atom. The molecule has 0 spiro atoms. The highest BCUT2D eigenvalue weighted by Gasteiger charge is 2.13. The van der Waals surface area contributed by atoms with Gasteiger partial charge in [0, 0.05) is 6.54 Å². The van der Waals surface area contributed by atoms with Gasteiger partial charge in [-0.25, -0.2) is 9.97 Å². The molecule has 1 aliphatic rings. The number of halogens is 1. The third-order valence-electron chi connectivity index (χ3n) is 3.60. The standard InChI is InChI=1S/C14H18ClN3OS/c15-14-17-12(11-6-9-20-13(11)18-14)16-7-8-19-10-4-2-1-3-5-10/h6,9-10H,1-5,7-8H2,(H,16,17,18). The molecule has 0 amide bonds. The molecule has 0 aromatic carbocycles. The molecule has 4 nitrogen and oxygen atoms in total. The average molecular weight is 312 g/mol. The van der Waals surface area contributed by atoms with E-state index in [2.05, 4.69) is 15.3 Å². The highest BCUT2D eigenvalue weighted by molar-refractivity contribution is 7.16. The molecule has 0 radical (unpaired) electrons. The van der Waals surface area contributed by atoms with Crippen LogP contribution >= 0.6 is 22.9 Å². The smallest absolute Gasteiger partial charge is 0.225 e. The van der Waals surface area contributed by atoms with Gasteiger partial charge < -0.3 is 10.1 Å². The van der Waals surface area contributed by atoms with E-state index in [4.69, 9.17) is 16.3 Å². The molecule has 0 unspecified atom stereocenters. The molecule has 1 N–H and O–H groups in total. The normalized spacial score (nSPS) is 16.6. The first-order valence-electron chi connectivity index (χ1n) is 7.09. The highest BCUT2D eigenvalue weighted by atomic mass is 35.5. The summed E-state index contributed by atoms with van der Waals surface area (Å²) in [5, 5.41) is 6.61. The van der Waals surface area contributed by atoms with Crippen LogP contribution in [-0.4, -0.2) is 29.2 Å². The lowest BCUT2D eigenvalue weighted by Crippen LogP contribution is -2.20. The Balaban J connectivity index is 1.53. The van der Waals surface area contributed by atoms with Crippen molar-refractivity contribution in [2.75, 3.05) is 18.5 Å². The Kier molecular flexibility index (Phi) is 4.70. The molecule has 1 saturated carbocycles. The topological polar surface area (TPSA) is 47.0 Å². The van der Waals surface area contributed by atoms with Crippen LogP contribution < -0.4 is 5.32 Å². The summed E-state index contributed by atoms with van der Waals surface area (Å²) in [7, 11) is 0. The van der Waals surface area contributed by atoms with Crippen LogP contribution in [0.15, 0.2) is 11.4 Å². The fourth-order valence-electron chi connectivity index (χ4n) is 2.59. The Morgan fingerprint density at radius 1 is 1.30 bits per heavy atom. The third kappa shape index (κ3) is 3.40. The quantitative estimate of drug-likeness (QED) is 0.667. The second kappa shape index (κ2) is 6.70. The fourth-order valence-corrected chi connectivity index (χ4v) is 3.57. The zero-order chi connectivity index (χ0) is 13.8. The van der Waals surface area contributed by atoms with Gasteiger partial charge in [-0.1, -0.05) is 19.3 Å². The molecule has 3 rings (SSSR count). The van der Waals surface area contributed by atoms with Crippen molar-refractivity contribution in [1.29, 1.82) is 0 Å². The maximum Gasteiger partial charge on any atom is 0.225 e. The number of hydrogen-bond donors (Lipinski definition) is 1. The van der Waals surface area contributed by atoms with Gasteiger partial charge in [0.2, 0.25) is 5.28 Å². The Labute approximate surface area is 127 Å². The van der Waals surface area contributed by atoms with Crippen molar-refractivity contribution in [3.05, 3.63) is 16.7 Å². The minimum atomic E-state index is 0.288. The van der Waals surface area contributed by atoms with E-state index in [1.807, 2.05) is 11.4 Å². The zero-order valence-electron chi connectivity index (χ0n) is 11.3. The number of hydrogen-bond acceptors (Lipinski definition) is 5. The van der Waals surface area contributed by atoms with Crippen LogP contribution in [0.5, 0.6) is 0 Å². The minimum absolute atomic E-state index is 0.288. The summed E-state index contributed by atoms with van der Waals surface area (Å²) >= 11 is 7.50. The molecular weight excluding hydrogens is 294 g/mol. The molecule has 20 heavy (non-hydrogen) atoms. The first kappa shape index (κ1) is 14.0. The van der Waals surface area contributed by atoms with Gasteiger partial charge in [0.05, 0.1) is 18.1 Å². The molecule has 0 atom stereocenters. The van der Waals surface area contributed by atoms with Crippen LogP contribution in [0.1, 0.15) is 32.1 Å². The van der Waals surface area contributed by atoms with Crippen LogP contribution in [0.25, 0.3) is 10.2 Å². The maximum atomic E-state index is 5.93. The highest BCUT2D eigenvalue weighted by Crippen LogP contribution is 2.26. The minimum Gasteiger partial charge on any atom is -0.376 e. The summed E-state index contributed by atoms with van der Waals surface area (Å²) in [6.07, 6.45) is 6.81. The number of thiophene rings is 1. The number of aromatic nitrogens is 2. The molecule has 2 aromatic rings. The van der Waals surface area contributed by atoms with Crippen molar-refractivity contribution in [3.8, 4) is 0 Å². The van der Waals surface area contributed by atoms with Gasteiger partial charge in [-0.05, 0) is 35.9 Å². The summed E-state index contributed by atoms with van der Waals surface area (Å²) in [5.74, 6) is 0.800. The van der Waals surface area contributed by atoms with E-state index in [0.717, 1.165) is 22.6 Å². The molecule has 108 valence electrons. The predicted octanol–water partition coefficient (Wildman–Crippen LogP) is 4.11. The second-order valence-electron chi connectivity index (χ2n) is 5.04. The lowest BCUT2D eigenvalue weighted by Gasteiger charge is -2.22. The van der Waals surface area contributed by atoms with E-state index in [0.29, 0.717) is 12.7 Å². The van der Waals surface area contributed by atoms with E-state index >= 15 is 0 Å². The summed E-state index contributed by atoms with van der Waals surface area (Å²) in [6.45, 7) is 1.45. The third-order valence-corrected chi connectivity index (χ3v) is 4.57. The number of nitrogens with zero attached hydrogens (tertiary/aromatic N) is 2. The lowest BCUT2D eigenvalue weighted by molar-refractivity contribution is 0.0347. The summed E-state index contributed by atoms with van der Waals surface area (Å²) in [5.41, 5.74) is 0. The molecule has 0 aliphatic heterocycles. The van der Waals surface area contributed by atoms with Gasteiger partial charge in [-0.3, -0.25) is 0 Å². The molecule has 0 saturated heterocycles. The Morgan fingerprint density at radius 3 is 3.00 bits per heavy atom.